The van der Waals surface area contributed by atoms with E-state index in [2.05, 4.69) is 135 Å². The Labute approximate surface area is 237 Å². The van der Waals surface area contributed by atoms with Gasteiger partial charge >= 0.3 is 37.7 Å². The third kappa shape index (κ3) is 4.40. The van der Waals surface area contributed by atoms with E-state index >= 15 is 0 Å². The number of benzene rings is 6. The van der Waals surface area contributed by atoms with Crippen LogP contribution in [0.2, 0.25) is 0 Å². The monoisotopic (exact) mass is 446 g/mol. The van der Waals surface area contributed by atoms with Gasteiger partial charge in [0.15, 0.2) is 0 Å². The fourth-order valence-electron chi connectivity index (χ4n) is 5.10. The molecule has 0 saturated heterocycles. The van der Waals surface area contributed by atoms with Crippen LogP contribution in [0.1, 0.15) is 11.1 Å². The second kappa shape index (κ2) is 10.8. The van der Waals surface area contributed by atoms with E-state index in [4.69, 9.17) is 0 Å². The van der Waals surface area contributed by atoms with Crippen molar-refractivity contribution in [2.24, 2.45) is 0 Å². The predicted molar refractivity (Wildman–Crippen MR) is 147 cm³/mol. The van der Waals surface area contributed by atoms with Crippen molar-refractivity contribution in [2.75, 3.05) is 0 Å². The molecule has 0 nitrogen and oxygen atoms in total. The van der Waals surface area contributed by atoms with Gasteiger partial charge in [0.25, 0.3) is 0 Å². The summed E-state index contributed by atoms with van der Waals surface area (Å²) < 4.78 is 0. The average Bonchev–Trinajstić information content (AvgIpc) is 2.90. The van der Waals surface area contributed by atoms with Crippen molar-refractivity contribution >= 4 is 21.5 Å². The molecule has 2 heteroatoms. The van der Waals surface area contributed by atoms with Crippen LogP contribution in [0.15, 0.2) is 121 Å². The first kappa shape index (κ1) is 25.9. The molecule has 0 aliphatic rings. The summed E-state index contributed by atoms with van der Waals surface area (Å²) in [5, 5.41) is 4.81. The zero-order valence-electron chi connectivity index (χ0n) is 21.0. The van der Waals surface area contributed by atoms with Crippen molar-refractivity contribution in [3.05, 3.63) is 146 Å². The number of hydrogen-bond donors (Lipinski definition) is 0. The molecule has 0 aliphatic carbocycles. The number of fused-ring (bicyclic) bond motifs is 2. The third-order valence-corrected chi connectivity index (χ3v) is 6.73. The number of hydrogen-bond acceptors (Lipinski definition) is 0. The van der Waals surface area contributed by atoms with E-state index in [9.17, 15) is 0 Å². The van der Waals surface area contributed by atoms with Crippen LogP contribution in [0.3, 0.4) is 0 Å². The molecule has 0 saturated carbocycles. The van der Waals surface area contributed by atoms with Crippen molar-refractivity contribution in [3.63, 3.8) is 0 Å². The summed E-state index contributed by atoms with van der Waals surface area (Å²) in [5.41, 5.74) is 9.05. The molecule has 0 fully saturated rings. The molecule has 0 aliphatic heterocycles. The molecule has 0 N–H and O–H groups in total. The summed E-state index contributed by atoms with van der Waals surface area (Å²) in [7, 11) is 0. The van der Waals surface area contributed by atoms with Gasteiger partial charge in [-0.25, -0.2) is 0 Å². The van der Waals surface area contributed by atoms with Crippen LogP contribution < -0.4 is 37.7 Å². The first-order valence-corrected chi connectivity index (χ1v) is 11.6. The fraction of sp³-hybridized carbons (Fsp3) is 0. The molecule has 0 unspecified atom stereocenters. The Morgan fingerprint density at radius 2 is 0.722 bits per heavy atom. The minimum Gasteiger partial charge on any atom is -0.199 e. The van der Waals surface area contributed by atoms with Crippen LogP contribution in [0, 0.1) is 13.8 Å². The van der Waals surface area contributed by atoms with Gasteiger partial charge in [0.05, 0.1) is 0 Å². The summed E-state index contributed by atoms with van der Waals surface area (Å²) in [6.07, 6.45) is 0. The second-order valence-corrected chi connectivity index (χ2v) is 8.73. The normalized spacial score (nSPS) is 10.6. The molecule has 162 valence electrons. The summed E-state index contributed by atoms with van der Waals surface area (Å²) in [5.74, 6) is 0. The molecule has 0 bridgehead atoms. The van der Waals surface area contributed by atoms with Crippen molar-refractivity contribution in [3.8, 4) is 33.4 Å². The summed E-state index contributed by atoms with van der Waals surface area (Å²) in [6, 6.07) is 42.8. The Morgan fingerprint density at radius 1 is 0.389 bits per heavy atom. The van der Waals surface area contributed by atoms with Crippen LogP contribution in [-0.2, 0) is 0 Å². The van der Waals surface area contributed by atoms with Gasteiger partial charge in [0.1, 0.15) is 0 Å². The van der Waals surface area contributed by atoms with Gasteiger partial charge in [-0.2, -0.15) is 36.1 Å². The maximum atomic E-state index is 4.65. The Balaban J connectivity index is 0.00000152. The van der Waals surface area contributed by atoms with Crippen molar-refractivity contribution in [1.82, 2.24) is 0 Å². The molecule has 0 radical (unpaired) electrons. The summed E-state index contributed by atoms with van der Waals surface area (Å²) in [6.45, 7) is 9.29. The number of rotatable bonds is 3. The topological polar surface area (TPSA) is 0 Å². The summed E-state index contributed by atoms with van der Waals surface area (Å²) >= 11 is 0. The van der Waals surface area contributed by atoms with Crippen molar-refractivity contribution in [2.45, 2.75) is 0 Å². The molecular weight excluding hydrogens is 422 g/mol. The zero-order valence-corrected chi connectivity index (χ0v) is 21.0. The molecule has 0 spiro atoms. The average molecular weight is 446 g/mol. The molecule has 6 aromatic carbocycles. The van der Waals surface area contributed by atoms with Gasteiger partial charge in [0, 0.05) is 0 Å². The zero-order chi connectivity index (χ0) is 23.1. The SMILES string of the molecule is [CH2-]c1c(-c2ccccc2)cc2ccccc2c1-c1c([CH2-])c(-c2ccccc2)cc2ccccc12.[Li+].[Li+]. The van der Waals surface area contributed by atoms with E-state index in [1.807, 2.05) is 0 Å². The van der Waals surface area contributed by atoms with E-state index < -0.39 is 0 Å². The van der Waals surface area contributed by atoms with E-state index in [1.54, 1.807) is 0 Å². The van der Waals surface area contributed by atoms with E-state index in [1.165, 1.54) is 32.7 Å². The minimum atomic E-state index is 0. The molecule has 0 heterocycles. The molecule has 36 heavy (non-hydrogen) atoms. The van der Waals surface area contributed by atoms with Gasteiger partial charge in [0.2, 0.25) is 0 Å². The van der Waals surface area contributed by atoms with Crippen molar-refractivity contribution in [1.29, 1.82) is 0 Å². The predicted octanol–water partition coefficient (Wildman–Crippen LogP) is 3.37. The van der Waals surface area contributed by atoms with Crippen LogP contribution in [-0.4, -0.2) is 0 Å². The van der Waals surface area contributed by atoms with Crippen LogP contribution in [0.5, 0.6) is 0 Å². The maximum absolute atomic E-state index is 4.65. The van der Waals surface area contributed by atoms with Crippen molar-refractivity contribution < 1.29 is 37.7 Å². The molecule has 6 aromatic rings. The molecule has 6 rings (SSSR count). The van der Waals surface area contributed by atoms with Gasteiger partial charge < -0.3 is 0 Å². The minimum absolute atomic E-state index is 0. The molecule has 0 amide bonds. The quantitative estimate of drug-likeness (QED) is 0.289. The Hall–Kier alpha value is -3.23. The van der Waals surface area contributed by atoms with E-state index in [0.29, 0.717) is 0 Å². The first-order chi connectivity index (χ1) is 16.7. The van der Waals surface area contributed by atoms with E-state index in [-0.39, 0.29) is 37.7 Å². The standard InChI is InChI=1S/C34H24.2Li/c1-23-31(25-13-5-3-6-14-25)21-27-17-9-11-19-29(27)33(23)34-24(2)32(26-15-7-4-8-16-26)22-28-18-10-12-20-30(28)34;;/h3-22H,1-2H2;;/q-2;2*+1. The van der Waals surface area contributed by atoms with Gasteiger partial charge in [-0.1, -0.05) is 131 Å². The fourth-order valence-corrected chi connectivity index (χ4v) is 5.10. The second-order valence-electron chi connectivity index (χ2n) is 8.73. The summed E-state index contributed by atoms with van der Waals surface area (Å²) in [4.78, 5) is 0. The third-order valence-electron chi connectivity index (χ3n) is 6.73. The molecular formula is C34H24Li2. The largest absolute Gasteiger partial charge is 1.00 e. The Morgan fingerprint density at radius 3 is 1.11 bits per heavy atom. The van der Waals surface area contributed by atoms with Crippen LogP contribution >= 0.6 is 0 Å². The maximum Gasteiger partial charge on any atom is 1.00 e. The molecule has 0 atom stereocenters. The van der Waals surface area contributed by atoms with Gasteiger partial charge in [-0.15, -0.1) is 23.3 Å². The van der Waals surface area contributed by atoms with Crippen LogP contribution in [0.4, 0.5) is 0 Å². The molecule has 0 aromatic heterocycles. The first-order valence-electron chi connectivity index (χ1n) is 11.6. The van der Waals surface area contributed by atoms with E-state index in [0.717, 1.165) is 33.4 Å². The Bertz CT molecular complexity index is 1530. The Kier molecular flexibility index (Phi) is 7.76. The van der Waals surface area contributed by atoms with Gasteiger partial charge in [-0.3, -0.25) is 0 Å². The van der Waals surface area contributed by atoms with Crippen LogP contribution in [0.25, 0.3) is 54.9 Å². The van der Waals surface area contributed by atoms with Gasteiger partial charge in [-0.05, 0) is 10.8 Å². The smallest absolute Gasteiger partial charge is 0.199 e.